The zero-order chi connectivity index (χ0) is 46.5. The number of pyridine rings is 1. The molecule has 0 aliphatic rings. The summed E-state index contributed by atoms with van der Waals surface area (Å²) in [6, 6.07) is 60.1. The maximum atomic E-state index is 12.4. The van der Waals surface area contributed by atoms with Crippen LogP contribution in [0.15, 0.2) is 164 Å². The second-order valence-electron chi connectivity index (χ2n) is 20.4. The molecule has 1 N–H and O–H groups in total. The second kappa shape index (κ2) is 18.7. The second-order valence-corrected chi connectivity index (χ2v) is 20.4. The SMILES string of the molecule is CC(C)c1cc(-c2nc3c(-c4[c-]c(-c5cc(-c6ccccc6)ccn5)cc(-c5ccccc5)c4)cccc3n2-c2ccc(C(C)(C)C)cc2-c2ccc(C(C)(C)C)cc2)c(O)c(C(C)C)c1.[Pt]. The molecule has 0 amide bonds. The summed E-state index contributed by atoms with van der Waals surface area (Å²) in [6.45, 7) is 22.3. The van der Waals surface area contributed by atoms with Crippen LogP contribution in [-0.2, 0) is 31.9 Å². The predicted molar refractivity (Wildman–Crippen MR) is 278 cm³/mol. The Balaban J connectivity index is 0.00000608. The van der Waals surface area contributed by atoms with Crippen LogP contribution in [0.25, 0.3) is 83.9 Å². The Bertz CT molecular complexity index is 3200. The number of rotatable bonds is 9. The van der Waals surface area contributed by atoms with Crippen LogP contribution in [0.2, 0.25) is 0 Å². The predicted octanol–water partition coefficient (Wildman–Crippen LogP) is 16.8. The fraction of sp³-hybridized carbons (Fsp3) is 0.226. The Kier molecular flexibility index (Phi) is 13.2. The number of fused-ring (bicyclic) bond motifs is 1. The monoisotopic (exact) mass is 1060 g/mol. The van der Waals surface area contributed by atoms with Crippen LogP contribution in [0, 0.1) is 6.07 Å². The summed E-state index contributed by atoms with van der Waals surface area (Å²) in [5.74, 6) is 1.29. The van der Waals surface area contributed by atoms with E-state index in [1.807, 2.05) is 12.3 Å². The summed E-state index contributed by atoms with van der Waals surface area (Å²) in [4.78, 5) is 10.6. The molecule has 0 saturated carbocycles. The van der Waals surface area contributed by atoms with Crippen LogP contribution in [-0.4, -0.2) is 19.6 Å². The molecule has 9 rings (SSSR count). The number of benzene rings is 7. The van der Waals surface area contributed by atoms with Crippen molar-refractivity contribution in [3.8, 4) is 78.6 Å². The molecule has 0 unspecified atom stereocenters. The molecule has 0 fully saturated rings. The molecule has 340 valence electrons. The van der Waals surface area contributed by atoms with E-state index in [-0.39, 0.29) is 49.5 Å². The molecule has 2 aromatic heterocycles. The van der Waals surface area contributed by atoms with Crippen LogP contribution in [0.5, 0.6) is 5.75 Å². The van der Waals surface area contributed by atoms with E-state index in [9.17, 15) is 5.11 Å². The molecule has 0 radical (unpaired) electrons. The zero-order valence-electron chi connectivity index (χ0n) is 40.3. The minimum absolute atomic E-state index is 0. The summed E-state index contributed by atoms with van der Waals surface area (Å²) >= 11 is 0. The largest absolute Gasteiger partial charge is 0.507 e. The van der Waals surface area contributed by atoms with E-state index in [2.05, 4.69) is 232 Å². The molecular formula is C62H60N3OPt-. The molecule has 0 bridgehead atoms. The molecule has 7 aromatic carbocycles. The molecule has 5 heteroatoms. The average Bonchev–Trinajstić information content (AvgIpc) is 3.70. The smallest absolute Gasteiger partial charge is 0.148 e. The Morgan fingerprint density at radius 2 is 1.15 bits per heavy atom. The van der Waals surface area contributed by atoms with Gasteiger partial charge >= 0.3 is 0 Å². The molecule has 0 saturated heterocycles. The first kappa shape index (κ1) is 47.2. The van der Waals surface area contributed by atoms with Gasteiger partial charge in [0.2, 0.25) is 0 Å². The Morgan fingerprint density at radius 3 is 1.78 bits per heavy atom. The number of hydrogen-bond donors (Lipinski definition) is 1. The van der Waals surface area contributed by atoms with Gasteiger partial charge in [0.15, 0.2) is 0 Å². The standard InChI is InChI=1S/C62H60N3O.Pt/c1-39(2)45-35-52(40(3)4)59(66)54(36-45)60-64-58-51(47-32-46(42-20-15-12-16-21-42)33-48(34-47)55-37-44(30-31-63-55)41-18-13-11-14-19-41)22-17-23-57(58)65(60)56-29-28-50(62(8,9)10)38-53(56)43-24-26-49(27-25-43)61(5,6)7;/h11-33,35-40,66H,1-10H3;/q-1;. The van der Waals surface area contributed by atoms with Crippen molar-refractivity contribution in [2.75, 3.05) is 0 Å². The molecule has 4 nitrogen and oxygen atoms in total. The summed E-state index contributed by atoms with van der Waals surface area (Å²) in [5, 5.41) is 12.4. The number of phenols is 1. The van der Waals surface area contributed by atoms with Gasteiger partial charge in [0.1, 0.15) is 11.6 Å². The van der Waals surface area contributed by atoms with Gasteiger partial charge in [-0.1, -0.05) is 201 Å². The maximum Gasteiger partial charge on any atom is 0.148 e. The number of aromatic nitrogens is 3. The summed E-state index contributed by atoms with van der Waals surface area (Å²) in [7, 11) is 0. The minimum Gasteiger partial charge on any atom is -0.507 e. The maximum absolute atomic E-state index is 12.4. The van der Waals surface area contributed by atoms with Crippen LogP contribution in [0.4, 0.5) is 0 Å². The van der Waals surface area contributed by atoms with Gasteiger partial charge in [0, 0.05) is 38.5 Å². The van der Waals surface area contributed by atoms with Crippen molar-refractivity contribution in [1.82, 2.24) is 14.5 Å². The third kappa shape index (κ3) is 9.47. The third-order valence-electron chi connectivity index (χ3n) is 13.0. The van der Waals surface area contributed by atoms with Crippen molar-refractivity contribution in [2.45, 2.75) is 91.9 Å². The van der Waals surface area contributed by atoms with Crippen molar-refractivity contribution in [1.29, 1.82) is 0 Å². The topological polar surface area (TPSA) is 50.9 Å². The summed E-state index contributed by atoms with van der Waals surface area (Å²) in [6.07, 6.45) is 1.89. The number of phenolic OH excluding ortho intramolecular Hbond substituents is 1. The Labute approximate surface area is 412 Å². The van der Waals surface area contributed by atoms with Gasteiger partial charge in [-0.2, -0.15) is 0 Å². The normalized spacial score (nSPS) is 11.9. The van der Waals surface area contributed by atoms with E-state index >= 15 is 0 Å². The first-order valence-corrected chi connectivity index (χ1v) is 23.3. The third-order valence-corrected chi connectivity index (χ3v) is 13.0. The molecule has 9 aromatic rings. The van der Waals surface area contributed by atoms with E-state index in [0.29, 0.717) is 11.4 Å². The molecule has 0 atom stereocenters. The van der Waals surface area contributed by atoms with Gasteiger partial charge in [-0.05, 0) is 97.5 Å². The molecular weight excluding hydrogens is 998 g/mol. The van der Waals surface area contributed by atoms with Gasteiger partial charge in [-0.3, -0.25) is 9.55 Å². The number of hydrogen-bond acceptors (Lipinski definition) is 3. The number of aromatic hydroxyl groups is 1. The van der Waals surface area contributed by atoms with Crippen molar-refractivity contribution < 1.29 is 26.2 Å². The van der Waals surface area contributed by atoms with Crippen molar-refractivity contribution >= 4 is 11.0 Å². The average molecular weight is 1060 g/mol. The van der Waals surface area contributed by atoms with Crippen LogP contribution in [0.3, 0.4) is 0 Å². The van der Waals surface area contributed by atoms with E-state index in [4.69, 9.17) is 9.97 Å². The fourth-order valence-electron chi connectivity index (χ4n) is 8.98. The van der Waals surface area contributed by atoms with Gasteiger partial charge in [-0.15, -0.1) is 23.8 Å². The van der Waals surface area contributed by atoms with Gasteiger partial charge in [0.05, 0.1) is 22.3 Å². The van der Waals surface area contributed by atoms with E-state index in [0.717, 1.165) is 83.6 Å². The Hall–Kier alpha value is -6.35. The number of nitrogens with zero attached hydrogens (tertiary/aromatic N) is 3. The quantitative estimate of drug-likeness (QED) is 0.147. The van der Waals surface area contributed by atoms with Crippen LogP contribution >= 0.6 is 0 Å². The summed E-state index contributed by atoms with van der Waals surface area (Å²) in [5.41, 5.74) is 18.2. The fourth-order valence-corrected chi connectivity index (χ4v) is 8.98. The molecule has 0 aliphatic carbocycles. The van der Waals surface area contributed by atoms with Crippen molar-refractivity contribution in [3.05, 3.63) is 192 Å². The van der Waals surface area contributed by atoms with Crippen molar-refractivity contribution in [3.63, 3.8) is 0 Å². The van der Waals surface area contributed by atoms with Gasteiger partial charge < -0.3 is 5.11 Å². The first-order valence-electron chi connectivity index (χ1n) is 23.3. The first-order chi connectivity index (χ1) is 31.5. The molecule has 0 spiro atoms. The molecule has 0 aliphatic heterocycles. The van der Waals surface area contributed by atoms with Crippen LogP contribution in [0.1, 0.15) is 103 Å². The Morgan fingerprint density at radius 1 is 0.522 bits per heavy atom. The van der Waals surface area contributed by atoms with Crippen LogP contribution < -0.4 is 0 Å². The zero-order valence-corrected chi connectivity index (χ0v) is 42.6. The van der Waals surface area contributed by atoms with Gasteiger partial charge in [-0.25, -0.2) is 4.98 Å². The van der Waals surface area contributed by atoms with Crippen molar-refractivity contribution in [2.24, 2.45) is 0 Å². The van der Waals surface area contributed by atoms with E-state index in [1.54, 1.807) is 0 Å². The summed E-state index contributed by atoms with van der Waals surface area (Å²) < 4.78 is 2.29. The number of para-hydroxylation sites is 1. The van der Waals surface area contributed by atoms with E-state index in [1.165, 1.54) is 11.1 Å². The molecule has 67 heavy (non-hydrogen) atoms. The minimum atomic E-state index is -0.0888. The molecule has 2 heterocycles. The number of imidazole rings is 1. The van der Waals surface area contributed by atoms with E-state index < -0.39 is 0 Å². The van der Waals surface area contributed by atoms with Gasteiger partial charge in [0.25, 0.3) is 0 Å².